The second-order valence-corrected chi connectivity index (χ2v) is 7.79. The van der Waals surface area contributed by atoms with E-state index in [1.54, 1.807) is 22.8 Å². The molecule has 0 bridgehead atoms. The zero-order valence-electron chi connectivity index (χ0n) is 15.6. The van der Waals surface area contributed by atoms with E-state index in [1.807, 2.05) is 54.2 Å². The number of benzene rings is 2. The fraction of sp³-hybridized carbons (Fsp3) is 0.200. The Balaban J connectivity index is 1.56. The number of aromatic nitrogens is 6. The Kier molecular flexibility index (Phi) is 5.23. The van der Waals surface area contributed by atoms with Crippen molar-refractivity contribution in [3.05, 3.63) is 72.2 Å². The highest BCUT2D eigenvalue weighted by molar-refractivity contribution is 7.99. The van der Waals surface area contributed by atoms with E-state index in [-0.39, 0.29) is 11.9 Å². The van der Waals surface area contributed by atoms with Gasteiger partial charge < -0.3 is 9.67 Å². The molecule has 0 amide bonds. The Labute approximate surface area is 167 Å². The van der Waals surface area contributed by atoms with Gasteiger partial charge in [-0.15, -0.1) is 15.3 Å². The number of aliphatic hydroxyl groups is 1. The molecule has 2 aromatic heterocycles. The number of hydrogen-bond acceptors (Lipinski definition) is 6. The minimum atomic E-state index is 0.0320. The maximum atomic E-state index is 9.18. The van der Waals surface area contributed by atoms with Crippen LogP contribution in [0.2, 0.25) is 0 Å². The number of aryl methyl sites for hydroxylation is 1. The molecular weight excluding hydrogens is 372 g/mol. The second kappa shape index (κ2) is 7.95. The van der Waals surface area contributed by atoms with Gasteiger partial charge in [-0.2, -0.15) is 0 Å². The Morgan fingerprint density at radius 1 is 1.11 bits per heavy atom. The van der Waals surface area contributed by atoms with Crippen LogP contribution in [0, 0.1) is 0 Å². The third-order valence-corrected chi connectivity index (χ3v) is 5.69. The standard InChI is InChI=1S/C20H20N6OS/c1-14(28-20-23-21-13-25(20)2)17-4-3-5-18(10-17)26-11-19(22-24-26)16-8-6-15(12-27)7-9-16/h3-11,13-14,27H,12H2,1-2H3. The molecule has 2 heterocycles. The first-order chi connectivity index (χ1) is 13.6. The van der Waals surface area contributed by atoms with Gasteiger partial charge >= 0.3 is 0 Å². The molecule has 4 aromatic rings. The van der Waals surface area contributed by atoms with E-state index < -0.39 is 0 Å². The molecule has 0 fully saturated rings. The molecule has 0 aliphatic heterocycles. The first-order valence-electron chi connectivity index (χ1n) is 8.87. The lowest BCUT2D eigenvalue weighted by Crippen LogP contribution is -1.98. The van der Waals surface area contributed by atoms with Crippen LogP contribution in [-0.2, 0) is 13.7 Å². The average Bonchev–Trinajstić information content (AvgIpc) is 3.38. The van der Waals surface area contributed by atoms with Crippen molar-refractivity contribution in [3.63, 3.8) is 0 Å². The van der Waals surface area contributed by atoms with Crippen molar-refractivity contribution < 1.29 is 5.11 Å². The minimum absolute atomic E-state index is 0.0320. The van der Waals surface area contributed by atoms with Crippen LogP contribution in [0.3, 0.4) is 0 Å². The minimum Gasteiger partial charge on any atom is -0.392 e. The summed E-state index contributed by atoms with van der Waals surface area (Å²) in [5, 5.41) is 26.9. The summed E-state index contributed by atoms with van der Waals surface area (Å²) in [6, 6.07) is 15.9. The van der Waals surface area contributed by atoms with Gasteiger partial charge in [0, 0.05) is 17.9 Å². The normalized spacial score (nSPS) is 12.2. The van der Waals surface area contributed by atoms with Crippen LogP contribution >= 0.6 is 11.8 Å². The Morgan fingerprint density at radius 2 is 1.93 bits per heavy atom. The van der Waals surface area contributed by atoms with Crippen LogP contribution < -0.4 is 0 Å². The van der Waals surface area contributed by atoms with Gasteiger partial charge in [0.05, 0.1) is 18.5 Å². The van der Waals surface area contributed by atoms with E-state index in [0.717, 1.165) is 27.7 Å². The molecule has 0 aliphatic rings. The van der Waals surface area contributed by atoms with E-state index in [0.29, 0.717) is 0 Å². The Bertz CT molecular complexity index is 1070. The monoisotopic (exact) mass is 392 g/mol. The smallest absolute Gasteiger partial charge is 0.191 e. The molecule has 2 aromatic carbocycles. The summed E-state index contributed by atoms with van der Waals surface area (Å²) in [5.41, 5.74) is 4.75. The van der Waals surface area contributed by atoms with Gasteiger partial charge in [-0.3, -0.25) is 0 Å². The van der Waals surface area contributed by atoms with Crippen molar-refractivity contribution in [3.8, 4) is 16.9 Å². The van der Waals surface area contributed by atoms with Crippen molar-refractivity contribution in [2.45, 2.75) is 23.9 Å². The predicted octanol–water partition coefficient (Wildman–Crippen LogP) is 3.41. The lowest BCUT2D eigenvalue weighted by molar-refractivity contribution is 0.282. The zero-order chi connectivity index (χ0) is 19.5. The molecule has 0 saturated heterocycles. The Hall–Kier alpha value is -2.97. The van der Waals surface area contributed by atoms with E-state index >= 15 is 0 Å². The van der Waals surface area contributed by atoms with Crippen molar-refractivity contribution in [2.75, 3.05) is 0 Å². The molecule has 0 spiro atoms. The van der Waals surface area contributed by atoms with E-state index in [9.17, 15) is 5.11 Å². The number of rotatable bonds is 6. The second-order valence-electron chi connectivity index (χ2n) is 6.48. The first kappa shape index (κ1) is 18.4. The number of hydrogen-bond donors (Lipinski definition) is 1. The third kappa shape index (κ3) is 3.83. The zero-order valence-corrected chi connectivity index (χ0v) is 16.4. The molecule has 0 radical (unpaired) electrons. The summed E-state index contributed by atoms with van der Waals surface area (Å²) in [7, 11) is 1.94. The summed E-state index contributed by atoms with van der Waals surface area (Å²) < 4.78 is 3.69. The summed E-state index contributed by atoms with van der Waals surface area (Å²) in [6.07, 6.45) is 3.61. The van der Waals surface area contributed by atoms with E-state index in [2.05, 4.69) is 39.6 Å². The maximum absolute atomic E-state index is 9.18. The Morgan fingerprint density at radius 3 is 2.64 bits per heavy atom. The fourth-order valence-electron chi connectivity index (χ4n) is 2.83. The van der Waals surface area contributed by atoms with Crippen LogP contribution in [0.1, 0.15) is 23.3 Å². The molecule has 4 rings (SSSR count). The van der Waals surface area contributed by atoms with E-state index in [4.69, 9.17) is 0 Å². The van der Waals surface area contributed by atoms with Crippen molar-refractivity contribution in [2.24, 2.45) is 7.05 Å². The summed E-state index contributed by atoms with van der Waals surface area (Å²) >= 11 is 1.66. The molecule has 7 nitrogen and oxygen atoms in total. The molecular formula is C20H20N6OS. The van der Waals surface area contributed by atoms with Gasteiger partial charge in [-0.05, 0) is 30.2 Å². The highest BCUT2D eigenvalue weighted by Crippen LogP contribution is 2.33. The lowest BCUT2D eigenvalue weighted by Gasteiger charge is -2.12. The number of nitrogens with zero attached hydrogens (tertiary/aromatic N) is 6. The van der Waals surface area contributed by atoms with Gasteiger partial charge in [-0.25, -0.2) is 4.68 Å². The molecule has 1 atom stereocenters. The molecule has 1 N–H and O–H groups in total. The van der Waals surface area contributed by atoms with Crippen molar-refractivity contribution >= 4 is 11.8 Å². The van der Waals surface area contributed by atoms with Crippen LogP contribution in [0.5, 0.6) is 0 Å². The summed E-state index contributed by atoms with van der Waals surface area (Å²) in [4.78, 5) is 0. The fourth-order valence-corrected chi connectivity index (χ4v) is 3.74. The molecule has 0 aliphatic carbocycles. The largest absolute Gasteiger partial charge is 0.392 e. The molecule has 28 heavy (non-hydrogen) atoms. The predicted molar refractivity (Wildman–Crippen MR) is 108 cm³/mol. The van der Waals surface area contributed by atoms with Crippen LogP contribution in [-0.4, -0.2) is 34.9 Å². The van der Waals surface area contributed by atoms with Gasteiger partial charge in [0.15, 0.2) is 5.16 Å². The highest BCUT2D eigenvalue weighted by atomic mass is 32.2. The molecule has 142 valence electrons. The SMILES string of the molecule is CC(Sc1nncn1C)c1cccc(-n2cc(-c3ccc(CO)cc3)nn2)c1. The van der Waals surface area contributed by atoms with Crippen molar-refractivity contribution in [1.82, 2.24) is 29.8 Å². The summed E-state index contributed by atoms with van der Waals surface area (Å²) in [6.45, 7) is 2.18. The van der Waals surface area contributed by atoms with Gasteiger partial charge in [0.25, 0.3) is 0 Å². The number of thioether (sulfide) groups is 1. The van der Waals surface area contributed by atoms with Crippen LogP contribution in [0.4, 0.5) is 0 Å². The van der Waals surface area contributed by atoms with Gasteiger partial charge in [0.2, 0.25) is 0 Å². The lowest BCUT2D eigenvalue weighted by atomic mass is 10.1. The van der Waals surface area contributed by atoms with Gasteiger partial charge in [0.1, 0.15) is 12.0 Å². The number of aliphatic hydroxyl groups excluding tert-OH is 1. The quantitative estimate of drug-likeness (QED) is 0.507. The third-order valence-electron chi connectivity index (χ3n) is 4.48. The highest BCUT2D eigenvalue weighted by Gasteiger charge is 2.13. The van der Waals surface area contributed by atoms with Crippen LogP contribution in [0.25, 0.3) is 16.9 Å². The molecule has 0 saturated carbocycles. The molecule has 1 unspecified atom stereocenters. The molecule has 8 heteroatoms. The van der Waals surface area contributed by atoms with Crippen LogP contribution in [0.15, 0.2) is 66.2 Å². The average molecular weight is 392 g/mol. The summed E-state index contributed by atoms with van der Waals surface area (Å²) in [5.74, 6) is 0. The topological polar surface area (TPSA) is 81.7 Å². The first-order valence-corrected chi connectivity index (χ1v) is 9.75. The van der Waals surface area contributed by atoms with Gasteiger partial charge in [-0.1, -0.05) is 53.4 Å². The van der Waals surface area contributed by atoms with E-state index in [1.165, 1.54) is 5.56 Å². The van der Waals surface area contributed by atoms with Crippen molar-refractivity contribution in [1.29, 1.82) is 0 Å². The maximum Gasteiger partial charge on any atom is 0.191 e.